The highest BCUT2D eigenvalue weighted by molar-refractivity contribution is 5.97. The number of carbonyl (C=O) groups is 1. The SMILES string of the molecule is COc1ccc(NC(=O)C2CCCN2c2cccc(C(F)(F)F)c2)cc1OC.Cl. The summed E-state index contributed by atoms with van der Waals surface area (Å²) in [6.07, 6.45) is -3.14. The number of hydrogen-bond donors (Lipinski definition) is 1. The van der Waals surface area contributed by atoms with Crippen LogP contribution < -0.4 is 19.7 Å². The second-order valence-electron chi connectivity index (χ2n) is 6.46. The number of amides is 1. The molecule has 1 atom stereocenters. The minimum atomic E-state index is -4.42. The summed E-state index contributed by atoms with van der Waals surface area (Å²) in [6, 6.07) is 9.52. The Hall–Kier alpha value is -2.61. The molecule has 0 aromatic heterocycles. The Labute approximate surface area is 173 Å². The van der Waals surface area contributed by atoms with Crippen molar-refractivity contribution in [2.24, 2.45) is 0 Å². The van der Waals surface area contributed by atoms with Crippen molar-refractivity contribution in [1.82, 2.24) is 0 Å². The maximum absolute atomic E-state index is 13.0. The van der Waals surface area contributed by atoms with E-state index in [0.29, 0.717) is 35.8 Å². The molecule has 2 aromatic rings. The molecule has 9 heteroatoms. The number of nitrogens with one attached hydrogen (secondary N) is 1. The first-order valence-corrected chi connectivity index (χ1v) is 8.80. The Morgan fingerprint density at radius 2 is 1.83 bits per heavy atom. The van der Waals surface area contributed by atoms with Crippen molar-refractivity contribution in [1.29, 1.82) is 0 Å². The number of rotatable bonds is 5. The van der Waals surface area contributed by atoms with E-state index in [-0.39, 0.29) is 18.3 Å². The minimum absolute atomic E-state index is 0. The highest BCUT2D eigenvalue weighted by atomic mass is 35.5. The largest absolute Gasteiger partial charge is 0.493 e. The molecule has 1 amide bonds. The van der Waals surface area contributed by atoms with E-state index in [1.54, 1.807) is 29.2 Å². The van der Waals surface area contributed by atoms with E-state index in [4.69, 9.17) is 9.47 Å². The minimum Gasteiger partial charge on any atom is -0.493 e. The van der Waals surface area contributed by atoms with E-state index in [0.717, 1.165) is 18.6 Å². The summed E-state index contributed by atoms with van der Waals surface area (Å²) >= 11 is 0. The molecule has 29 heavy (non-hydrogen) atoms. The molecule has 0 spiro atoms. The Morgan fingerprint density at radius 3 is 2.48 bits per heavy atom. The third kappa shape index (κ3) is 5.06. The molecule has 5 nitrogen and oxygen atoms in total. The Morgan fingerprint density at radius 1 is 1.10 bits per heavy atom. The van der Waals surface area contributed by atoms with Crippen molar-refractivity contribution in [2.45, 2.75) is 25.1 Å². The fraction of sp³-hybridized carbons (Fsp3) is 0.350. The normalized spacial score (nSPS) is 16.2. The number of halogens is 4. The molecule has 0 bridgehead atoms. The zero-order chi connectivity index (χ0) is 20.3. The van der Waals surface area contributed by atoms with Gasteiger partial charge in [-0.15, -0.1) is 12.4 Å². The monoisotopic (exact) mass is 430 g/mol. The van der Waals surface area contributed by atoms with Gasteiger partial charge in [-0.25, -0.2) is 0 Å². The molecule has 0 radical (unpaired) electrons. The predicted molar refractivity (Wildman–Crippen MR) is 107 cm³/mol. The molecule has 2 aromatic carbocycles. The van der Waals surface area contributed by atoms with Crippen LogP contribution in [-0.2, 0) is 11.0 Å². The fourth-order valence-corrected chi connectivity index (χ4v) is 3.35. The number of alkyl halides is 3. The smallest absolute Gasteiger partial charge is 0.416 e. The number of ether oxygens (including phenoxy) is 2. The molecule has 158 valence electrons. The van der Waals surface area contributed by atoms with E-state index < -0.39 is 17.8 Å². The Kier molecular flexibility index (Phi) is 7.24. The van der Waals surface area contributed by atoms with Crippen molar-refractivity contribution in [3.8, 4) is 11.5 Å². The lowest BCUT2D eigenvalue weighted by atomic mass is 10.1. The standard InChI is InChI=1S/C20H21F3N2O3.ClH/c1-27-17-9-8-14(12-18(17)28-2)24-19(26)16-7-4-10-25(16)15-6-3-5-13(11-15)20(21,22)23;/h3,5-6,8-9,11-12,16H,4,7,10H2,1-2H3,(H,24,26);1H. The van der Waals surface area contributed by atoms with Crippen LogP contribution >= 0.6 is 12.4 Å². The summed E-state index contributed by atoms with van der Waals surface area (Å²) in [5.74, 6) is 0.732. The first-order valence-electron chi connectivity index (χ1n) is 8.80. The van der Waals surface area contributed by atoms with Gasteiger partial charge in [-0.05, 0) is 43.2 Å². The van der Waals surface area contributed by atoms with Gasteiger partial charge in [0.25, 0.3) is 0 Å². The van der Waals surface area contributed by atoms with Crippen LogP contribution in [0.4, 0.5) is 24.5 Å². The average molecular weight is 431 g/mol. The van der Waals surface area contributed by atoms with E-state index in [1.165, 1.54) is 20.3 Å². The fourth-order valence-electron chi connectivity index (χ4n) is 3.35. The summed E-state index contributed by atoms with van der Waals surface area (Å²) in [5, 5.41) is 2.82. The van der Waals surface area contributed by atoms with Crippen LogP contribution in [0.15, 0.2) is 42.5 Å². The van der Waals surface area contributed by atoms with Gasteiger partial charge >= 0.3 is 6.18 Å². The van der Waals surface area contributed by atoms with Gasteiger partial charge in [-0.3, -0.25) is 4.79 Å². The summed E-state index contributed by atoms with van der Waals surface area (Å²) in [5.41, 5.74) is 0.189. The maximum atomic E-state index is 13.0. The van der Waals surface area contributed by atoms with E-state index in [9.17, 15) is 18.0 Å². The quantitative estimate of drug-likeness (QED) is 0.743. The highest BCUT2D eigenvalue weighted by Crippen LogP contribution is 2.34. The zero-order valence-corrected chi connectivity index (χ0v) is 16.8. The van der Waals surface area contributed by atoms with Crippen LogP contribution in [0.5, 0.6) is 11.5 Å². The van der Waals surface area contributed by atoms with Crippen LogP contribution in [0.3, 0.4) is 0 Å². The van der Waals surface area contributed by atoms with Crippen LogP contribution in [0.25, 0.3) is 0 Å². The summed E-state index contributed by atoms with van der Waals surface area (Å²) < 4.78 is 49.4. The van der Waals surface area contributed by atoms with Gasteiger partial charge in [-0.2, -0.15) is 13.2 Å². The molecular weight excluding hydrogens is 409 g/mol. The summed E-state index contributed by atoms with van der Waals surface area (Å²) in [4.78, 5) is 14.5. The number of methoxy groups -OCH3 is 2. The molecule has 0 aliphatic carbocycles. The molecule has 0 saturated carbocycles. The molecule has 1 heterocycles. The predicted octanol–water partition coefficient (Wildman–Crippen LogP) is 4.75. The van der Waals surface area contributed by atoms with Gasteiger partial charge < -0.3 is 19.7 Å². The van der Waals surface area contributed by atoms with Gasteiger partial charge in [0.15, 0.2) is 11.5 Å². The van der Waals surface area contributed by atoms with Gasteiger partial charge in [0.05, 0.1) is 19.8 Å². The van der Waals surface area contributed by atoms with Crippen LogP contribution in [0.1, 0.15) is 18.4 Å². The van der Waals surface area contributed by atoms with Gasteiger partial charge in [-0.1, -0.05) is 6.07 Å². The number of hydrogen-bond acceptors (Lipinski definition) is 4. The van der Waals surface area contributed by atoms with Crippen LogP contribution in [0.2, 0.25) is 0 Å². The van der Waals surface area contributed by atoms with Crippen molar-refractivity contribution in [2.75, 3.05) is 31.0 Å². The molecule has 1 saturated heterocycles. The molecule has 1 aliphatic heterocycles. The molecule has 1 aliphatic rings. The number of anilines is 2. The van der Waals surface area contributed by atoms with E-state index in [2.05, 4.69) is 5.32 Å². The number of benzene rings is 2. The third-order valence-corrected chi connectivity index (χ3v) is 4.71. The van der Waals surface area contributed by atoms with E-state index in [1.807, 2.05) is 0 Å². The lowest BCUT2D eigenvalue weighted by molar-refractivity contribution is -0.137. The summed E-state index contributed by atoms with van der Waals surface area (Å²) in [6.45, 7) is 0.519. The molecular formula is C20H22ClF3N2O3. The lowest BCUT2D eigenvalue weighted by Crippen LogP contribution is -2.39. The van der Waals surface area contributed by atoms with Crippen molar-refractivity contribution in [3.63, 3.8) is 0 Å². The van der Waals surface area contributed by atoms with Crippen molar-refractivity contribution < 1.29 is 27.4 Å². The molecule has 1 fully saturated rings. The first-order chi connectivity index (χ1) is 13.3. The maximum Gasteiger partial charge on any atom is 0.416 e. The Balaban J connectivity index is 0.00000300. The Bertz CT molecular complexity index is 861. The zero-order valence-electron chi connectivity index (χ0n) is 16.0. The van der Waals surface area contributed by atoms with Crippen LogP contribution in [-0.4, -0.2) is 32.7 Å². The second kappa shape index (κ2) is 9.26. The van der Waals surface area contributed by atoms with E-state index >= 15 is 0 Å². The summed E-state index contributed by atoms with van der Waals surface area (Å²) in [7, 11) is 3.01. The topological polar surface area (TPSA) is 50.8 Å². The molecule has 1 unspecified atom stereocenters. The molecule has 3 rings (SSSR count). The number of carbonyl (C=O) groups excluding carboxylic acids is 1. The average Bonchev–Trinajstić information content (AvgIpc) is 3.17. The molecule has 1 N–H and O–H groups in total. The van der Waals surface area contributed by atoms with Gasteiger partial charge in [0, 0.05) is 24.0 Å². The van der Waals surface area contributed by atoms with Crippen LogP contribution in [0, 0.1) is 0 Å². The van der Waals surface area contributed by atoms with Crippen molar-refractivity contribution in [3.05, 3.63) is 48.0 Å². The number of nitrogens with zero attached hydrogens (tertiary/aromatic N) is 1. The first kappa shape index (κ1) is 22.7. The van der Waals surface area contributed by atoms with Gasteiger partial charge in [0.2, 0.25) is 5.91 Å². The van der Waals surface area contributed by atoms with Crippen molar-refractivity contribution >= 4 is 29.7 Å². The highest BCUT2D eigenvalue weighted by Gasteiger charge is 2.34. The lowest BCUT2D eigenvalue weighted by Gasteiger charge is -2.26. The van der Waals surface area contributed by atoms with Gasteiger partial charge in [0.1, 0.15) is 6.04 Å². The third-order valence-electron chi connectivity index (χ3n) is 4.71. The second-order valence-corrected chi connectivity index (χ2v) is 6.46.